The lowest BCUT2D eigenvalue weighted by Gasteiger charge is -2.20. The summed E-state index contributed by atoms with van der Waals surface area (Å²) in [5, 5.41) is 0. The summed E-state index contributed by atoms with van der Waals surface area (Å²) >= 11 is 0. The molecular weight excluding hydrogens is 258 g/mol. The molecule has 2 rings (SSSR count). The highest BCUT2D eigenvalue weighted by Gasteiger charge is 2.20. The molecule has 0 aliphatic rings. The van der Waals surface area contributed by atoms with Gasteiger partial charge in [0, 0.05) is 11.6 Å². The number of nitrogens with one attached hydrogen (secondary N) is 1. The Bertz CT molecular complexity index is 639. The van der Waals surface area contributed by atoms with E-state index in [9.17, 15) is 8.78 Å². The van der Waals surface area contributed by atoms with Gasteiger partial charge in [0.25, 0.3) is 0 Å². The maximum atomic E-state index is 14.0. The maximum Gasteiger partial charge on any atom is 0.131 e. The van der Waals surface area contributed by atoms with E-state index in [4.69, 9.17) is 5.84 Å². The highest BCUT2D eigenvalue weighted by atomic mass is 19.1. The van der Waals surface area contributed by atoms with Crippen molar-refractivity contribution in [2.75, 3.05) is 0 Å². The molecule has 2 nitrogen and oxygen atoms in total. The van der Waals surface area contributed by atoms with E-state index in [1.807, 2.05) is 32.0 Å². The lowest BCUT2D eigenvalue weighted by molar-refractivity contribution is 0.537. The second-order valence-electron chi connectivity index (χ2n) is 5.08. The Kier molecular flexibility index (Phi) is 4.16. The molecule has 0 heterocycles. The molecular formula is C16H18F2N2. The van der Waals surface area contributed by atoms with E-state index in [-0.39, 0.29) is 0 Å². The van der Waals surface area contributed by atoms with Crippen molar-refractivity contribution in [2.45, 2.75) is 26.8 Å². The topological polar surface area (TPSA) is 38.0 Å². The van der Waals surface area contributed by atoms with Crippen molar-refractivity contribution in [3.8, 4) is 0 Å². The van der Waals surface area contributed by atoms with Gasteiger partial charge < -0.3 is 0 Å². The number of hydrogen-bond donors (Lipinski definition) is 2. The molecule has 0 aliphatic heterocycles. The van der Waals surface area contributed by atoms with Gasteiger partial charge in [0.2, 0.25) is 0 Å². The number of hydrogen-bond acceptors (Lipinski definition) is 2. The number of rotatable bonds is 3. The van der Waals surface area contributed by atoms with Crippen LogP contribution in [0.2, 0.25) is 0 Å². The van der Waals surface area contributed by atoms with Crippen LogP contribution in [0, 0.1) is 32.4 Å². The van der Waals surface area contributed by atoms with E-state index in [0.717, 1.165) is 22.8 Å². The third-order valence-corrected chi connectivity index (χ3v) is 3.49. The molecule has 3 N–H and O–H groups in total. The molecule has 0 saturated heterocycles. The van der Waals surface area contributed by atoms with E-state index in [0.29, 0.717) is 11.1 Å². The van der Waals surface area contributed by atoms with Crippen molar-refractivity contribution >= 4 is 0 Å². The lowest BCUT2D eigenvalue weighted by Crippen LogP contribution is -2.30. The molecule has 0 spiro atoms. The van der Waals surface area contributed by atoms with Gasteiger partial charge in [-0.2, -0.15) is 0 Å². The van der Waals surface area contributed by atoms with Gasteiger partial charge in [-0.1, -0.05) is 23.8 Å². The minimum absolute atomic E-state index is 0.346. The van der Waals surface area contributed by atoms with Gasteiger partial charge in [-0.05, 0) is 43.5 Å². The van der Waals surface area contributed by atoms with E-state index in [1.165, 1.54) is 6.07 Å². The first-order valence-electron chi connectivity index (χ1n) is 6.43. The highest BCUT2D eigenvalue weighted by Crippen LogP contribution is 2.28. The first-order valence-corrected chi connectivity index (χ1v) is 6.43. The largest absolute Gasteiger partial charge is 0.271 e. The number of nitrogens with two attached hydrogens (primary N) is 1. The normalized spacial score (nSPS) is 12.5. The molecule has 0 bridgehead atoms. The van der Waals surface area contributed by atoms with Crippen LogP contribution in [-0.2, 0) is 0 Å². The fourth-order valence-electron chi connectivity index (χ4n) is 2.40. The van der Waals surface area contributed by atoms with Crippen molar-refractivity contribution < 1.29 is 8.78 Å². The Balaban J connectivity index is 2.55. The fourth-order valence-corrected chi connectivity index (χ4v) is 2.40. The molecule has 0 aliphatic carbocycles. The van der Waals surface area contributed by atoms with Crippen LogP contribution in [0.1, 0.15) is 33.9 Å². The van der Waals surface area contributed by atoms with Crippen LogP contribution in [0.15, 0.2) is 30.3 Å². The molecule has 4 heteroatoms. The van der Waals surface area contributed by atoms with Gasteiger partial charge in [-0.15, -0.1) is 0 Å². The smallest absolute Gasteiger partial charge is 0.131 e. The molecule has 2 aromatic rings. The summed E-state index contributed by atoms with van der Waals surface area (Å²) in [7, 11) is 0. The summed E-state index contributed by atoms with van der Waals surface area (Å²) in [4.78, 5) is 0. The minimum atomic E-state index is -0.601. The average Bonchev–Trinajstić information content (AvgIpc) is 2.38. The van der Waals surface area contributed by atoms with Crippen LogP contribution in [0.5, 0.6) is 0 Å². The summed E-state index contributed by atoms with van der Waals surface area (Å²) in [6.45, 7) is 5.54. The van der Waals surface area contributed by atoms with E-state index in [1.54, 1.807) is 6.92 Å². The molecule has 0 amide bonds. The second kappa shape index (κ2) is 5.69. The quantitative estimate of drug-likeness (QED) is 0.665. The third-order valence-electron chi connectivity index (χ3n) is 3.49. The first-order chi connectivity index (χ1) is 9.43. The molecule has 0 fully saturated rings. The van der Waals surface area contributed by atoms with Crippen LogP contribution in [0.3, 0.4) is 0 Å². The predicted molar refractivity (Wildman–Crippen MR) is 76.2 cm³/mol. The van der Waals surface area contributed by atoms with Crippen molar-refractivity contribution in [2.24, 2.45) is 5.84 Å². The van der Waals surface area contributed by atoms with Crippen LogP contribution in [-0.4, -0.2) is 0 Å². The summed E-state index contributed by atoms with van der Waals surface area (Å²) in [6.07, 6.45) is 0. The van der Waals surface area contributed by atoms with Crippen LogP contribution in [0.4, 0.5) is 8.78 Å². The molecule has 2 aromatic carbocycles. The standard InChI is InChI=1S/C16H18F2N2/c1-9-4-5-12(10(2)6-9)16(20-19)13-7-11(3)14(17)8-15(13)18/h4-8,16,20H,19H2,1-3H3. The molecule has 106 valence electrons. The van der Waals surface area contributed by atoms with E-state index >= 15 is 0 Å². The highest BCUT2D eigenvalue weighted by molar-refractivity contribution is 5.40. The van der Waals surface area contributed by atoms with Gasteiger partial charge in [-0.3, -0.25) is 5.84 Å². The third kappa shape index (κ3) is 2.71. The number of hydrazine groups is 1. The fraction of sp³-hybridized carbons (Fsp3) is 0.250. The van der Waals surface area contributed by atoms with Crippen molar-refractivity contribution in [3.05, 3.63) is 69.8 Å². The molecule has 1 atom stereocenters. The predicted octanol–water partition coefficient (Wildman–Crippen LogP) is 3.44. The van der Waals surface area contributed by atoms with Crippen LogP contribution >= 0.6 is 0 Å². The number of benzene rings is 2. The van der Waals surface area contributed by atoms with Crippen molar-refractivity contribution in [1.29, 1.82) is 0 Å². The Morgan fingerprint density at radius 3 is 2.20 bits per heavy atom. The Morgan fingerprint density at radius 1 is 0.900 bits per heavy atom. The summed E-state index contributed by atoms with van der Waals surface area (Å²) in [6, 6.07) is 7.75. The SMILES string of the molecule is Cc1ccc(C(NN)c2cc(C)c(F)cc2F)c(C)c1. The van der Waals surface area contributed by atoms with Gasteiger partial charge in [-0.25, -0.2) is 14.2 Å². The van der Waals surface area contributed by atoms with Crippen molar-refractivity contribution in [3.63, 3.8) is 0 Å². The summed E-state index contributed by atoms with van der Waals surface area (Å²) < 4.78 is 27.4. The summed E-state index contributed by atoms with van der Waals surface area (Å²) in [5.41, 5.74) is 6.37. The zero-order valence-electron chi connectivity index (χ0n) is 11.8. The van der Waals surface area contributed by atoms with Gasteiger partial charge in [0.1, 0.15) is 11.6 Å². The molecule has 0 aromatic heterocycles. The van der Waals surface area contributed by atoms with Crippen LogP contribution < -0.4 is 11.3 Å². The number of aryl methyl sites for hydroxylation is 3. The monoisotopic (exact) mass is 276 g/mol. The lowest BCUT2D eigenvalue weighted by atomic mass is 9.93. The van der Waals surface area contributed by atoms with E-state index in [2.05, 4.69) is 5.43 Å². The zero-order chi connectivity index (χ0) is 14.9. The first kappa shape index (κ1) is 14.6. The average molecular weight is 276 g/mol. The van der Waals surface area contributed by atoms with Crippen molar-refractivity contribution in [1.82, 2.24) is 5.43 Å². The minimum Gasteiger partial charge on any atom is -0.271 e. The van der Waals surface area contributed by atoms with E-state index < -0.39 is 17.7 Å². The Morgan fingerprint density at radius 2 is 1.60 bits per heavy atom. The Labute approximate surface area is 117 Å². The summed E-state index contributed by atoms with van der Waals surface area (Å²) in [5.74, 6) is 4.44. The molecule has 1 unspecified atom stereocenters. The molecule has 20 heavy (non-hydrogen) atoms. The zero-order valence-corrected chi connectivity index (χ0v) is 11.8. The van der Waals surface area contributed by atoms with Gasteiger partial charge in [0.05, 0.1) is 6.04 Å². The molecule has 0 saturated carbocycles. The van der Waals surface area contributed by atoms with Gasteiger partial charge in [0.15, 0.2) is 0 Å². The second-order valence-corrected chi connectivity index (χ2v) is 5.08. The maximum absolute atomic E-state index is 14.0. The number of halogens is 2. The van der Waals surface area contributed by atoms with Gasteiger partial charge >= 0.3 is 0 Å². The molecule has 0 radical (unpaired) electrons. The Hall–Kier alpha value is -1.78. The van der Waals surface area contributed by atoms with Crippen LogP contribution in [0.25, 0.3) is 0 Å².